The van der Waals surface area contributed by atoms with Crippen LogP contribution in [0.5, 0.6) is 5.75 Å². The van der Waals surface area contributed by atoms with Crippen LogP contribution in [0.4, 0.5) is 0 Å². The molecule has 0 saturated carbocycles. The van der Waals surface area contributed by atoms with Crippen molar-refractivity contribution in [1.82, 2.24) is 20.0 Å². The molecule has 29 heavy (non-hydrogen) atoms. The van der Waals surface area contributed by atoms with E-state index < -0.39 is 0 Å². The highest BCUT2D eigenvalue weighted by atomic mass is 16.5. The first-order valence-electron chi connectivity index (χ1n) is 10.2. The number of para-hydroxylation sites is 1. The van der Waals surface area contributed by atoms with Crippen LogP contribution in [0.15, 0.2) is 59.9 Å². The Hall–Kier alpha value is -3.02. The first kappa shape index (κ1) is 20.7. The summed E-state index contributed by atoms with van der Waals surface area (Å²) >= 11 is 0. The zero-order chi connectivity index (χ0) is 20.7. The summed E-state index contributed by atoms with van der Waals surface area (Å²) < 4.78 is 8.11. The molecule has 0 fully saturated rings. The highest BCUT2D eigenvalue weighted by molar-refractivity contribution is 5.79. The van der Waals surface area contributed by atoms with Gasteiger partial charge in [0.2, 0.25) is 0 Å². The summed E-state index contributed by atoms with van der Waals surface area (Å²) in [5.41, 5.74) is 2.86. The number of aliphatic imine (C=N–C) groups is 1. The van der Waals surface area contributed by atoms with E-state index in [1.807, 2.05) is 47.0 Å². The van der Waals surface area contributed by atoms with Gasteiger partial charge in [0, 0.05) is 37.5 Å². The topological polar surface area (TPSA) is 63.0 Å². The van der Waals surface area contributed by atoms with Crippen LogP contribution in [-0.2, 0) is 13.0 Å². The predicted molar refractivity (Wildman–Crippen MR) is 119 cm³/mol. The van der Waals surface area contributed by atoms with Crippen molar-refractivity contribution < 1.29 is 4.74 Å². The van der Waals surface area contributed by atoms with Gasteiger partial charge in [0.05, 0.1) is 12.2 Å². The second kappa shape index (κ2) is 9.45. The Kier molecular flexibility index (Phi) is 6.75. The van der Waals surface area contributed by atoms with Gasteiger partial charge in [-0.3, -0.25) is 0 Å². The summed E-state index contributed by atoms with van der Waals surface area (Å²) in [4.78, 5) is 9.38. The SMILES string of the molecule is CCNC(=NCc1ccccc1OC(C)(C)C)NCCc1cn2ccccc2n1. The Morgan fingerprint density at radius 2 is 1.90 bits per heavy atom. The van der Waals surface area contributed by atoms with Crippen molar-refractivity contribution in [2.24, 2.45) is 4.99 Å². The minimum atomic E-state index is -0.239. The molecule has 0 aliphatic heterocycles. The first-order valence-corrected chi connectivity index (χ1v) is 10.2. The smallest absolute Gasteiger partial charge is 0.191 e. The monoisotopic (exact) mass is 393 g/mol. The van der Waals surface area contributed by atoms with Gasteiger partial charge in [0.1, 0.15) is 17.0 Å². The van der Waals surface area contributed by atoms with Crippen molar-refractivity contribution >= 4 is 11.6 Å². The molecule has 0 bridgehead atoms. The molecule has 3 rings (SSSR count). The number of benzene rings is 1. The maximum absolute atomic E-state index is 6.07. The van der Waals surface area contributed by atoms with Crippen molar-refractivity contribution in [3.8, 4) is 5.75 Å². The Morgan fingerprint density at radius 3 is 2.66 bits per heavy atom. The number of rotatable bonds is 7. The molecule has 6 heteroatoms. The molecule has 0 amide bonds. The summed E-state index contributed by atoms with van der Waals surface area (Å²) in [5, 5.41) is 6.71. The van der Waals surface area contributed by atoms with Crippen LogP contribution in [0.1, 0.15) is 39.0 Å². The van der Waals surface area contributed by atoms with Gasteiger partial charge in [0.15, 0.2) is 5.96 Å². The third-order valence-corrected chi connectivity index (χ3v) is 4.23. The first-order chi connectivity index (χ1) is 13.9. The number of aromatic nitrogens is 2. The zero-order valence-corrected chi connectivity index (χ0v) is 17.8. The molecule has 0 aliphatic rings. The molecule has 0 spiro atoms. The fourth-order valence-corrected chi connectivity index (χ4v) is 2.99. The minimum Gasteiger partial charge on any atom is -0.488 e. The molecule has 154 valence electrons. The van der Waals surface area contributed by atoms with Gasteiger partial charge in [-0.05, 0) is 45.9 Å². The molecular formula is C23H31N5O. The van der Waals surface area contributed by atoms with Crippen molar-refractivity contribution in [2.45, 2.75) is 46.3 Å². The lowest BCUT2D eigenvalue weighted by atomic mass is 10.1. The number of guanidine groups is 1. The third-order valence-electron chi connectivity index (χ3n) is 4.23. The standard InChI is InChI=1S/C23H31N5O/c1-5-24-22(25-14-13-19-17-28-15-9-8-12-21(28)27-19)26-16-18-10-6-7-11-20(18)29-23(2,3)4/h6-12,15,17H,5,13-14,16H2,1-4H3,(H2,24,25,26). The number of hydrogen-bond acceptors (Lipinski definition) is 3. The fourth-order valence-electron chi connectivity index (χ4n) is 2.99. The maximum Gasteiger partial charge on any atom is 0.191 e. The highest BCUT2D eigenvalue weighted by Crippen LogP contribution is 2.23. The van der Waals surface area contributed by atoms with Crippen molar-refractivity contribution in [2.75, 3.05) is 13.1 Å². The highest BCUT2D eigenvalue weighted by Gasteiger charge is 2.14. The number of ether oxygens (including phenoxy) is 1. The van der Waals surface area contributed by atoms with E-state index in [4.69, 9.17) is 9.73 Å². The second-order valence-electron chi connectivity index (χ2n) is 7.89. The van der Waals surface area contributed by atoms with E-state index in [0.717, 1.165) is 48.1 Å². The maximum atomic E-state index is 6.07. The summed E-state index contributed by atoms with van der Waals surface area (Å²) in [6.07, 6.45) is 4.92. The Morgan fingerprint density at radius 1 is 1.10 bits per heavy atom. The number of fused-ring (bicyclic) bond motifs is 1. The summed E-state index contributed by atoms with van der Waals surface area (Å²) in [6, 6.07) is 14.1. The van der Waals surface area contributed by atoms with Gasteiger partial charge in [0.25, 0.3) is 0 Å². The van der Waals surface area contributed by atoms with E-state index in [0.29, 0.717) is 6.54 Å². The molecule has 6 nitrogen and oxygen atoms in total. The van der Waals surface area contributed by atoms with Gasteiger partial charge < -0.3 is 19.8 Å². The summed E-state index contributed by atoms with van der Waals surface area (Å²) in [5.74, 6) is 1.67. The minimum absolute atomic E-state index is 0.239. The average Bonchev–Trinajstić information content (AvgIpc) is 3.08. The molecule has 0 saturated heterocycles. The van der Waals surface area contributed by atoms with E-state index in [-0.39, 0.29) is 5.60 Å². The normalized spacial score (nSPS) is 12.2. The second-order valence-corrected chi connectivity index (χ2v) is 7.89. The molecule has 2 N–H and O–H groups in total. The predicted octanol–water partition coefficient (Wildman–Crippen LogP) is 3.81. The lowest BCUT2D eigenvalue weighted by Gasteiger charge is -2.23. The quantitative estimate of drug-likeness (QED) is 0.473. The van der Waals surface area contributed by atoms with Crippen molar-refractivity contribution in [1.29, 1.82) is 0 Å². The summed E-state index contributed by atoms with van der Waals surface area (Å²) in [6.45, 7) is 10.3. The van der Waals surface area contributed by atoms with Crippen LogP contribution in [0.2, 0.25) is 0 Å². The fraction of sp³-hybridized carbons (Fsp3) is 0.391. The van der Waals surface area contributed by atoms with Crippen LogP contribution < -0.4 is 15.4 Å². The number of hydrogen-bond donors (Lipinski definition) is 2. The van der Waals surface area contributed by atoms with E-state index >= 15 is 0 Å². The largest absolute Gasteiger partial charge is 0.488 e. The molecule has 2 heterocycles. The lowest BCUT2D eigenvalue weighted by molar-refractivity contribution is 0.129. The lowest BCUT2D eigenvalue weighted by Crippen LogP contribution is -2.38. The molecule has 3 aromatic rings. The van der Waals surface area contributed by atoms with Gasteiger partial charge in [-0.1, -0.05) is 24.3 Å². The van der Waals surface area contributed by atoms with Gasteiger partial charge in [-0.15, -0.1) is 0 Å². The van der Waals surface area contributed by atoms with Gasteiger partial charge in [-0.25, -0.2) is 9.98 Å². The Labute approximate surface area is 173 Å². The van der Waals surface area contributed by atoms with Crippen LogP contribution >= 0.6 is 0 Å². The molecule has 0 radical (unpaired) electrons. The molecular weight excluding hydrogens is 362 g/mol. The van der Waals surface area contributed by atoms with Crippen molar-refractivity contribution in [3.05, 3.63) is 66.1 Å². The molecule has 0 aliphatic carbocycles. The van der Waals surface area contributed by atoms with Gasteiger partial charge >= 0.3 is 0 Å². The number of nitrogens with one attached hydrogen (secondary N) is 2. The van der Waals surface area contributed by atoms with Gasteiger partial charge in [-0.2, -0.15) is 0 Å². The van der Waals surface area contributed by atoms with E-state index in [1.165, 1.54) is 0 Å². The molecule has 1 aromatic carbocycles. The number of imidazole rings is 1. The van der Waals surface area contributed by atoms with Crippen LogP contribution in [0.3, 0.4) is 0 Å². The third kappa shape index (κ3) is 6.24. The van der Waals surface area contributed by atoms with Crippen LogP contribution in [0.25, 0.3) is 5.65 Å². The van der Waals surface area contributed by atoms with E-state index in [1.54, 1.807) is 0 Å². The molecule has 0 unspecified atom stereocenters. The average molecular weight is 394 g/mol. The summed E-state index contributed by atoms with van der Waals surface area (Å²) in [7, 11) is 0. The number of pyridine rings is 1. The Bertz CT molecular complexity index is 922. The Balaban J connectivity index is 1.61. The molecule has 2 aromatic heterocycles. The van der Waals surface area contributed by atoms with Crippen molar-refractivity contribution in [3.63, 3.8) is 0 Å². The van der Waals surface area contributed by atoms with Crippen LogP contribution in [0, 0.1) is 0 Å². The zero-order valence-electron chi connectivity index (χ0n) is 17.8. The molecule has 0 atom stereocenters. The van der Waals surface area contributed by atoms with E-state index in [9.17, 15) is 0 Å². The number of nitrogens with zero attached hydrogens (tertiary/aromatic N) is 3. The van der Waals surface area contributed by atoms with Crippen LogP contribution in [-0.4, -0.2) is 34.0 Å². The van der Waals surface area contributed by atoms with E-state index in [2.05, 4.69) is 55.6 Å².